The van der Waals surface area contributed by atoms with Gasteiger partial charge in [-0.1, -0.05) is 0 Å². The van der Waals surface area contributed by atoms with Crippen LogP contribution >= 0.6 is 27.3 Å². The van der Waals surface area contributed by atoms with Crippen LogP contribution in [0.4, 0.5) is 8.78 Å². The van der Waals surface area contributed by atoms with E-state index in [1.165, 1.54) is 11.3 Å². The molecular formula is C13H9BrF2O3S. The summed E-state index contributed by atoms with van der Waals surface area (Å²) >= 11 is 4.52. The third-order valence-corrected chi connectivity index (χ3v) is 4.95. The molecule has 0 radical (unpaired) electrons. The minimum Gasteiger partial charge on any atom is -0.478 e. The number of benzene rings is 1. The van der Waals surface area contributed by atoms with Crippen molar-refractivity contribution in [2.24, 2.45) is 0 Å². The zero-order valence-electron chi connectivity index (χ0n) is 10.2. The lowest BCUT2D eigenvalue weighted by atomic mass is 10.0. The van der Waals surface area contributed by atoms with Crippen molar-refractivity contribution in [1.29, 1.82) is 0 Å². The number of carboxylic acid groups (broad SMARTS) is 1. The van der Waals surface area contributed by atoms with Gasteiger partial charge in [-0.2, -0.15) is 0 Å². The standard InChI is InChI=1S/C13H9BrF2O3S/c1-5-8(14)4-11(20-5)12(17)6-2-9(15)10(16)3-7(6)13(18)19/h2-4,12,17H,1H3,(H,18,19). The van der Waals surface area contributed by atoms with Crippen LogP contribution in [-0.2, 0) is 0 Å². The molecule has 0 spiro atoms. The Morgan fingerprint density at radius 3 is 2.40 bits per heavy atom. The molecule has 106 valence electrons. The maximum Gasteiger partial charge on any atom is 0.336 e. The molecule has 0 amide bonds. The molecule has 0 saturated carbocycles. The molecule has 3 nitrogen and oxygen atoms in total. The Labute approximate surface area is 125 Å². The highest BCUT2D eigenvalue weighted by Crippen LogP contribution is 2.35. The Morgan fingerprint density at radius 2 is 1.90 bits per heavy atom. The van der Waals surface area contributed by atoms with E-state index in [9.17, 15) is 18.7 Å². The summed E-state index contributed by atoms with van der Waals surface area (Å²) in [5.74, 6) is -3.89. The highest BCUT2D eigenvalue weighted by Gasteiger charge is 2.23. The number of aromatic carboxylic acids is 1. The van der Waals surface area contributed by atoms with Gasteiger partial charge in [-0.05, 0) is 41.1 Å². The topological polar surface area (TPSA) is 57.5 Å². The molecule has 0 saturated heterocycles. The molecule has 20 heavy (non-hydrogen) atoms. The molecule has 1 atom stereocenters. The zero-order chi connectivity index (χ0) is 15.0. The number of thiophene rings is 1. The number of carbonyl (C=O) groups is 1. The minimum absolute atomic E-state index is 0.176. The molecule has 1 aromatic carbocycles. The van der Waals surface area contributed by atoms with Crippen LogP contribution in [0.1, 0.15) is 31.8 Å². The van der Waals surface area contributed by atoms with E-state index in [0.29, 0.717) is 17.0 Å². The van der Waals surface area contributed by atoms with Crippen LogP contribution in [0, 0.1) is 18.6 Å². The van der Waals surface area contributed by atoms with E-state index in [1.807, 2.05) is 6.92 Å². The summed E-state index contributed by atoms with van der Waals surface area (Å²) < 4.78 is 27.2. The Hall–Kier alpha value is -1.31. The van der Waals surface area contributed by atoms with Crippen molar-refractivity contribution in [3.8, 4) is 0 Å². The molecule has 2 rings (SSSR count). The van der Waals surface area contributed by atoms with Gasteiger partial charge >= 0.3 is 5.97 Å². The molecule has 0 aliphatic heterocycles. The van der Waals surface area contributed by atoms with Crippen molar-refractivity contribution in [2.75, 3.05) is 0 Å². The predicted molar refractivity (Wildman–Crippen MR) is 74.1 cm³/mol. The number of halogens is 3. The molecule has 0 aliphatic rings. The molecule has 1 unspecified atom stereocenters. The first-order chi connectivity index (χ1) is 9.31. The Morgan fingerprint density at radius 1 is 1.30 bits per heavy atom. The maximum absolute atomic E-state index is 13.3. The summed E-state index contributed by atoms with van der Waals surface area (Å²) in [6, 6.07) is 2.91. The molecule has 2 aromatic rings. The second kappa shape index (κ2) is 5.59. The monoisotopic (exact) mass is 362 g/mol. The van der Waals surface area contributed by atoms with Crippen LogP contribution in [0.3, 0.4) is 0 Å². The van der Waals surface area contributed by atoms with Crippen molar-refractivity contribution in [3.05, 3.63) is 55.2 Å². The van der Waals surface area contributed by atoms with Crippen molar-refractivity contribution in [3.63, 3.8) is 0 Å². The van der Waals surface area contributed by atoms with Crippen LogP contribution in [0.5, 0.6) is 0 Å². The number of aliphatic hydroxyl groups is 1. The normalized spacial score (nSPS) is 12.4. The molecule has 0 aliphatic carbocycles. The lowest BCUT2D eigenvalue weighted by molar-refractivity contribution is 0.0690. The first kappa shape index (κ1) is 15.1. The van der Waals surface area contributed by atoms with Gasteiger partial charge in [-0.15, -0.1) is 11.3 Å². The van der Waals surface area contributed by atoms with Gasteiger partial charge in [0, 0.05) is 19.8 Å². The molecule has 0 fully saturated rings. The van der Waals surface area contributed by atoms with Gasteiger partial charge in [0.1, 0.15) is 6.10 Å². The molecular weight excluding hydrogens is 354 g/mol. The molecule has 0 bridgehead atoms. The lowest BCUT2D eigenvalue weighted by Crippen LogP contribution is -2.09. The molecule has 2 N–H and O–H groups in total. The van der Waals surface area contributed by atoms with Crippen LogP contribution in [0.25, 0.3) is 0 Å². The Bertz CT molecular complexity index is 665. The summed E-state index contributed by atoms with van der Waals surface area (Å²) in [6.45, 7) is 1.81. The van der Waals surface area contributed by atoms with E-state index >= 15 is 0 Å². The van der Waals surface area contributed by atoms with Gasteiger partial charge in [0.25, 0.3) is 0 Å². The van der Waals surface area contributed by atoms with Crippen LogP contribution in [0.2, 0.25) is 0 Å². The average molecular weight is 363 g/mol. The maximum atomic E-state index is 13.3. The number of aryl methyl sites for hydroxylation is 1. The molecule has 1 aromatic heterocycles. The largest absolute Gasteiger partial charge is 0.478 e. The van der Waals surface area contributed by atoms with Crippen molar-refractivity contribution in [1.82, 2.24) is 0 Å². The summed E-state index contributed by atoms with van der Waals surface area (Å²) in [5.41, 5.74) is -0.635. The molecule has 7 heteroatoms. The fourth-order valence-electron chi connectivity index (χ4n) is 1.74. The molecule has 1 heterocycles. The zero-order valence-corrected chi connectivity index (χ0v) is 12.6. The van der Waals surface area contributed by atoms with E-state index in [0.717, 1.165) is 9.35 Å². The lowest BCUT2D eigenvalue weighted by Gasteiger charge is -2.12. The fourth-order valence-corrected chi connectivity index (χ4v) is 3.31. The third-order valence-electron chi connectivity index (χ3n) is 2.76. The smallest absolute Gasteiger partial charge is 0.336 e. The van der Waals surface area contributed by atoms with E-state index in [1.54, 1.807) is 6.07 Å². The van der Waals surface area contributed by atoms with Crippen LogP contribution < -0.4 is 0 Å². The second-order valence-corrected chi connectivity index (χ2v) is 6.26. The minimum atomic E-state index is -1.43. The van der Waals surface area contributed by atoms with Gasteiger partial charge in [0.05, 0.1) is 5.56 Å². The SMILES string of the molecule is Cc1sc(C(O)c2cc(F)c(F)cc2C(=O)O)cc1Br. The van der Waals surface area contributed by atoms with Gasteiger partial charge in [0.15, 0.2) is 11.6 Å². The number of aliphatic hydroxyl groups excluding tert-OH is 1. The van der Waals surface area contributed by atoms with E-state index in [4.69, 9.17) is 5.11 Å². The predicted octanol–water partition coefficient (Wildman–Crippen LogP) is 3.88. The fraction of sp³-hybridized carbons (Fsp3) is 0.154. The first-order valence-electron chi connectivity index (χ1n) is 5.47. The highest BCUT2D eigenvalue weighted by atomic mass is 79.9. The summed E-state index contributed by atoms with van der Waals surface area (Å²) in [6.07, 6.45) is -1.33. The van der Waals surface area contributed by atoms with Crippen LogP contribution in [-0.4, -0.2) is 16.2 Å². The third kappa shape index (κ3) is 2.74. The van der Waals surface area contributed by atoms with E-state index in [2.05, 4.69) is 15.9 Å². The van der Waals surface area contributed by atoms with Crippen molar-refractivity contribution >= 4 is 33.2 Å². The quantitative estimate of drug-likeness (QED) is 0.870. The average Bonchev–Trinajstić information content (AvgIpc) is 2.71. The second-order valence-electron chi connectivity index (χ2n) is 4.11. The number of rotatable bonds is 3. The van der Waals surface area contributed by atoms with Crippen molar-refractivity contribution < 1.29 is 23.8 Å². The summed E-state index contributed by atoms with van der Waals surface area (Å²) in [7, 11) is 0. The first-order valence-corrected chi connectivity index (χ1v) is 7.08. The Balaban J connectivity index is 2.56. The highest BCUT2D eigenvalue weighted by molar-refractivity contribution is 9.10. The summed E-state index contributed by atoms with van der Waals surface area (Å²) in [4.78, 5) is 12.4. The summed E-state index contributed by atoms with van der Waals surface area (Å²) in [5, 5.41) is 19.2. The van der Waals surface area contributed by atoms with E-state index in [-0.39, 0.29) is 5.56 Å². The number of hydrogen-bond donors (Lipinski definition) is 2. The van der Waals surface area contributed by atoms with E-state index < -0.39 is 29.3 Å². The van der Waals surface area contributed by atoms with Crippen molar-refractivity contribution in [2.45, 2.75) is 13.0 Å². The number of hydrogen-bond acceptors (Lipinski definition) is 3. The van der Waals surface area contributed by atoms with Crippen LogP contribution in [0.15, 0.2) is 22.7 Å². The van der Waals surface area contributed by atoms with Gasteiger partial charge in [-0.25, -0.2) is 13.6 Å². The number of carboxylic acids is 1. The van der Waals surface area contributed by atoms with Gasteiger partial charge < -0.3 is 10.2 Å². The Kier molecular flexibility index (Phi) is 4.22. The van der Waals surface area contributed by atoms with Gasteiger partial charge in [0.2, 0.25) is 0 Å². The van der Waals surface area contributed by atoms with Gasteiger partial charge in [-0.3, -0.25) is 0 Å².